The lowest BCUT2D eigenvalue weighted by Crippen LogP contribution is -2.23. The van der Waals surface area contributed by atoms with E-state index in [9.17, 15) is 19.1 Å². The Kier molecular flexibility index (Phi) is 6.94. The number of hydrogen-bond acceptors (Lipinski definition) is 8. The molecule has 1 unspecified atom stereocenters. The first-order valence-corrected chi connectivity index (χ1v) is 11.6. The molecule has 0 radical (unpaired) electrons. The number of aryl methyl sites for hydroxylation is 1. The number of amides is 2. The van der Waals surface area contributed by atoms with Crippen LogP contribution < -0.4 is 21.5 Å². The standard InChI is InChI=1S/C25H28FN7O4/c1-13(12-34)28-23-27-11-15-8-16(22(35)33(5)21(15)31-23)14-6-7-17(26)18(9-14)29-24(36)30-20-10-19(32-37-20)25(2,3)4/h6-11,13,34H,12H2,1-5H3,(H,27,28,31)(H2,29,30,36). The van der Waals surface area contributed by atoms with Gasteiger partial charge in [-0.15, -0.1) is 0 Å². The summed E-state index contributed by atoms with van der Waals surface area (Å²) in [6.45, 7) is 7.52. The Labute approximate surface area is 211 Å². The molecule has 0 bridgehead atoms. The number of aliphatic hydroxyl groups excluding tert-OH is 1. The van der Waals surface area contributed by atoms with Gasteiger partial charge in [0, 0.05) is 41.7 Å². The number of aliphatic hydroxyl groups is 1. The summed E-state index contributed by atoms with van der Waals surface area (Å²) >= 11 is 0. The fourth-order valence-corrected chi connectivity index (χ4v) is 3.53. The van der Waals surface area contributed by atoms with E-state index in [0.29, 0.717) is 22.3 Å². The Balaban J connectivity index is 1.61. The lowest BCUT2D eigenvalue weighted by atomic mass is 9.92. The van der Waals surface area contributed by atoms with Crippen molar-refractivity contribution in [2.24, 2.45) is 7.05 Å². The van der Waals surface area contributed by atoms with Gasteiger partial charge in [0.2, 0.25) is 11.8 Å². The molecule has 0 spiro atoms. The molecule has 1 aromatic carbocycles. The van der Waals surface area contributed by atoms with Gasteiger partial charge in [-0.05, 0) is 30.7 Å². The van der Waals surface area contributed by atoms with Gasteiger partial charge < -0.3 is 20.3 Å². The number of nitrogens with zero attached hydrogens (tertiary/aromatic N) is 4. The second-order valence-electron chi connectivity index (χ2n) is 9.72. The molecule has 3 aromatic heterocycles. The number of aromatic nitrogens is 4. The molecule has 37 heavy (non-hydrogen) atoms. The maximum Gasteiger partial charge on any atom is 0.326 e. The van der Waals surface area contributed by atoms with E-state index in [4.69, 9.17) is 4.52 Å². The van der Waals surface area contributed by atoms with Crippen LogP contribution in [0.5, 0.6) is 0 Å². The van der Waals surface area contributed by atoms with E-state index in [0.717, 1.165) is 0 Å². The quantitative estimate of drug-likeness (QED) is 0.306. The molecule has 3 heterocycles. The number of anilines is 3. The second kappa shape index (κ2) is 9.97. The molecule has 194 valence electrons. The average molecular weight is 510 g/mol. The van der Waals surface area contributed by atoms with E-state index >= 15 is 0 Å². The fraction of sp³-hybridized carbons (Fsp3) is 0.320. The lowest BCUT2D eigenvalue weighted by Gasteiger charge is -2.13. The van der Waals surface area contributed by atoms with Crippen LogP contribution in [0.2, 0.25) is 0 Å². The molecule has 4 N–H and O–H groups in total. The Morgan fingerprint density at radius 3 is 2.65 bits per heavy atom. The van der Waals surface area contributed by atoms with Crippen molar-refractivity contribution in [1.29, 1.82) is 0 Å². The summed E-state index contributed by atoms with van der Waals surface area (Å²) < 4.78 is 21.1. The summed E-state index contributed by atoms with van der Waals surface area (Å²) in [6, 6.07) is 6.20. The Morgan fingerprint density at radius 1 is 1.22 bits per heavy atom. The number of nitrogens with one attached hydrogen (secondary N) is 3. The minimum absolute atomic E-state index is 0.103. The van der Waals surface area contributed by atoms with Gasteiger partial charge in [0.15, 0.2) is 0 Å². The molecule has 1 atom stereocenters. The van der Waals surface area contributed by atoms with E-state index < -0.39 is 11.8 Å². The van der Waals surface area contributed by atoms with Gasteiger partial charge in [-0.25, -0.2) is 14.2 Å². The molecular weight excluding hydrogens is 481 g/mol. The minimum atomic E-state index is -0.732. The Bertz CT molecular complexity index is 1520. The van der Waals surface area contributed by atoms with E-state index in [1.165, 1.54) is 22.8 Å². The van der Waals surface area contributed by atoms with Crippen molar-refractivity contribution in [3.63, 3.8) is 0 Å². The first-order chi connectivity index (χ1) is 17.5. The van der Waals surface area contributed by atoms with E-state index in [2.05, 4.69) is 31.1 Å². The molecule has 0 fully saturated rings. The van der Waals surface area contributed by atoms with Crippen LogP contribution in [0.4, 0.5) is 26.7 Å². The summed E-state index contributed by atoms with van der Waals surface area (Å²) in [5.41, 5.74) is 0.942. The monoisotopic (exact) mass is 509 g/mol. The Hall–Kier alpha value is -4.32. The number of carbonyl (C=O) groups excluding carboxylic acids is 1. The molecule has 4 rings (SSSR count). The fourth-order valence-electron chi connectivity index (χ4n) is 3.53. The van der Waals surface area contributed by atoms with Crippen LogP contribution in [0.1, 0.15) is 33.4 Å². The minimum Gasteiger partial charge on any atom is -0.394 e. The first kappa shape index (κ1) is 25.8. The van der Waals surface area contributed by atoms with Gasteiger partial charge in [0.05, 0.1) is 18.0 Å². The molecule has 0 saturated carbocycles. The van der Waals surface area contributed by atoms with Gasteiger partial charge in [-0.2, -0.15) is 4.98 Å². The van der Waals surface area contributed by atoms with Crippen LogP contribution in [0.3, 0.4) is 0 Å². The van der Waals surface area contributed by atoms with Crippen LogP contribution >= 0.6 is 0 Å². The third-order valence-electron chi connectivity index (χ3n) is 5.64. The highest BCUT2D eigenvalue weighted by Crippen LogP contribution is 2.26. The van der Waals surface area contributed by atoms with E-state index in [1.807, 2.05) is 20.8 Å². The number of rotatable bonds is 6. The summed E-state index contributed by atoms with van der Waals surface area (Å²) in [5.74, 6) is -0.288. The van der Waals surface area contributed by atoms with Gasteiger partial charge in [-0.1, -0.05) is 32.0 Å². The predicted molar refractivity (Wildman–Crippen MR) is 138 cm³/mol. The molecule has 4 aromatic rings. The van der Waals surface area contributed by atoms with Gasteiger partial charge >= 0.3 is 6.03 Å². The highest BCUT2D eigenvalue weighted by molar-refractivity contribution is 5.99. The van der Waals surface area contributed by atoms with Crippen molar-refractivity contribution < 1.29 is 18.8 Å². The number of hydrogen-bond donors (Lipinski definition) is 4. The van der Waals surface area contributed by atoms with Gasteiger partial charge in [0.25, 0.3) is 5.56 Å². The summed E-state index contributed by atoms with van der Waals surface area (Å²) in [5, 5.41) is 21.6. The van der Waals surface area contributed by atoms with Gasteiger partial charge in [0.1, 0.15) is 11.5 Å². The van der Waals surface area contributed by atoms with Crippen LogP contribution in [0, 0.1) is 5.82 Å². The Morgan fingerprint density at radius 2 is 1.97 bits per heavy atom. The molecule has 0 aliphatic carbocycles. The van der Waals surface area contributed by atoms with Crippen molar-refractivity contribution in [2.45, 2.75) is 39.2 Å². The molecule has 12 heteroatoms. The average Bonchev–Trinajstić information content (AvgIpc) is 3.32. The normalized spacial score (nSPS) is 12.4. The number of pyridine rings is 1. The second-order valence-corrected chi connectivity index (χ2v) is 9.72. The zero-order valence-electron chi connectivity index (χ0n) is 21.1. The highest BCUT2D eigenvalue weighted by Gasteiger charge is 2.20. The lowest BCUT2D eigenvalue weighted by molar-refractivity contribution is 0.261. The van der Waals surface area contributed by atoms with Crippen molar-refractivity contribution >= 4 is 34.6 Å². The highest BCUT2D eigenvalue weighted by atomic mass is 19.1. The van der Waals surface area contributed by atoms with Crippen molar-refractivity contribution in [3.05, 3.63) is 58.4 Å². The number of urea groups is 1. The third-order valence-corrected chi connectivity index (χ3v) is 5.64. The van der Waals surface area contributed by atoms with Gasteiger partial charge in [-0.3, -0.25) is 14.7 Å². The topological polar surface area (TPSA) is 147 Å². The van der Waals surface area contributed by atoms with Crippen LogP contribution in [0.15, 0.2) is 45.8 Å². The SMILES string of the molecule is CC(CO)Nc1ncc2cc(-c3ccc(F)c(NC(=O)Nc4cc(C(C)(C)C)no4)c3)c(=O)n(C)c2n1. The van der Waals surface area contributed by atoms with Crippen LogP contribution in [0.25, 0.3) is 22.2 Å². The zero-order valence-corrected chi connectivity index (χ0v) is 21.1. The number of benzene rings is 1. The summed E-state index contributed by atoms with van der Waals surface area (Å²) in [6.07, 6.45) is 1.55. The summed E-state index contributed by atoms with van der Waals surface area (Å²) in [7, 11) is 1.57. The molecule has 0 aliphatic rings. The predicted octanol–water partition coefficient (Wildman–Crippen LogP) is 3.86. The number of carbonyl (C=O) groups is 1. The molecule has 0 saturated heterocycles. The molecule has 0 aliphatic heterocycles. The number of halogens is 1. The van der Waals surface area contributed by atoms with E-state index in [1.54, 1.807) is 32.3 Å². The largest absolute Gasteiger partial charge is 0.394 e. The van der Waals surface area contributed by atoms with Crippen molar-refractivity contribution in [2.75, 3.05) is 22.6 Å². The first-order valence-electron chi connectivity index (χ1n) is 11.6. The molecular formula is C25H28FN7O4. The maximum absolute atomic E-state index is 14.5. The van der Waals surface area contributed by atoms with E-state index in [-0.39, 0.29) is 46.7 Å². The smallest absolute Gasteiger partial charge is 0.326 e. The third kappa shape index (κ3) is 5.59. The molecule has 2 amide bonds. The van der Waals surface area contributed by atoms with Crippen molar-refractivity contribution in [1.82, 2.24) is 19.7 Å². The van der Waals surface area contributed by atoms with Crippen molar-refractivity contribution in [3.8, 4) is 11.1 Å². The van der Waals surface area contributed by atoms with Crippen LogP contribution in [-0.4, -0.2) is 43.5 Å². The maximum atomic E-state index is 14.5. The summed E-state index contributed by atoms with van der Waals surface area (Å²) in [4.78, 5) is 34.2. The molecule has 11 nitrogen and oxygen atoms in total. The number of fused-ring (bicyclic) bond motifs is 1. The van der Waals surface area contributed by atoms with Crippen LogP contribution in [-0.2, 0) is 12.5 Å². The zero-order chi connectivity index (χ0) is 26.9.